The Morgan fingerprint density at radius 1 is 0.733 bits per heavy atom. The molecule has 5 nitrogen and oxygen atoms in total. The highest BCUT2D eigenvalue weighted by Crippen LogP contribution is 2.23. The van der Waals surface area contributed by atoms with Crippen LogP contribution in [0.5, 0.6) is 0 Å². The van der Waals surface area contributed by atoms with Gasteiger partial charge in [-0.2, -0.15) is 0 Å². The molecule has 6 heteroatoms. The molecular weight excluding hydrogens is 442 g/mol. The summed E-state index contributed by atoms with van der Waals surface area (Å²) >= 11 is 0. The van der Waals surface area contributed by atoms with Gasteiger partial charge in [0.15, 0.2) is 0 Å². The average Bonchev–Trinajstić information content (AvgIpc) is 2.99. The lowest BCUT2D eigenvalue weighted by Gasteiger charge is -2.36. The molecule has 0 unspecified atom stereocenters. The number of halogens is 1. The number of imide groups is 1. The van der Waals surface area contributed by atoms with E-state index >= 15 is 0 Å². The molecule has 4 rings (SSSR count). The van der Waals surface area contributed by atoms with Crippen LogP contribution < -0.4 is 4.90 Å². The Labute approximate surface area is 189 Å². The molecule has 0 aromatic heterocycles. The fourth-order valence-corrected chi connectivity index (χ4v) is 4.35. The number of hydrogen-bond donors (Lipinski definition) is 0. The zero-order valence-electron chi connectivity index (χ0n) is 17.5. The molecule has 0 bridgehead atoms. The molecule has 0 N–H and O–H groups in total. The van der Waals surface area contributed by atoms with Crippen molar-refractivity contribution < 1.29 is 9.59 Å². The standard InChI is InChI=1S/C24H29N3O2.BrH/c1-19-9-3-6-12-22(19)26-17-15-25(16-18-26)13-7-2-8-14-27-23(28)20-10-4-5-11-21(20)24(27)29;/h3-6,9-12H,2,7-8,13-18H2,1H3;1H. The van der Waals surface area contributed by atoms with Crippen LogP contribution in [-0.4, -0.2) is 60.9 Å². The Bertz CT molecular complexity index is 859. The van der Waals surface area contributed by atoms with Crippen LogP contribution in [0.4, 0.5) is 5.69 Å². The van der Waals surface area contributed by atoms with Crippen LogP contribution in [0.3, 0.4) is 0 Å². The quantitative estimate of drug-likeness (QED) is 0.449. The molecule has 0 aliphatic carbocycles. The largest absolute Gasteiger partial charge is 0.369 e. The first-order valence-corrected chi connectivity index (χ1v) is 10.6. The summed E-state index contributed by atoms with van der Waals surface area (Å²) < 4.78 is 0. The number of carbonyl (C=O) groups is 2. The second-order valence-electron chi connectivity index (χ2n) is 7.98. The number of para-hydroxylation sites is 1. The van der Waals surface area contributed by atoms with Crippen molar-refractivity contribution in [2.45, 2.75) is 26.2 Å². The van der Waals surface area contributed by atoms with Gasteiger partial charge in [-0.25, -0.2) is 0 Å². The Balaban J connectivity index is 0.00000256. The maximum atomic E-state index is 12.4. The highest BCUT2D eigenvalue weighted by Gasteiger charge is 2.34. The van der Waals surface area contributed by atoms with Crippen molar-refractivity contribution >= 4 is 34.5 Å². The summed E-state index contributed by atoms with van der Waals surface area (Å²) in [4.78, 5) is 31.2. The lowest BCUT2D eigenvalue weighted by Crippen LogP contribution is -2.46. The van der Waals surface area contributed by atoms with Gasteiger partial charge in [-0.05, 0) is 50.1 Å². The molecule has 1 fully saturated rings. The third-order valence-corrected chi connectivity index (χ3v) is 6.06. The van der Waals surface area contributed by atoms with Gasteiger partial charge in [-0.1, -0.05) is 36.8 Å². The van der Waals surface area contributed by atoms with Gasteiger partial charge in [0.2, 0.25) is 0 Å². The number of anilines is 1. The van der Waals surface area contributed by atoms with Gasteiger partial charge >= 0.3 is 0 Å². The van der Waals surface area contributed by atoms with E-state index in [1.54, 1.807) is 12.1 Å². The molecule has 30 heavy (non-hydrogen) atoms. The first-order valence-electron chi connectivity index (χ1n) is 10.6. The zero-order valence-corrected chi connectivity index (χ0v) is 19.3. The van der Waals surface area contributed by atoms with Crippen LogP contribution in [0.15, 0.2) is 48.5 Å². The molecule has 160 valence electrons. The molecular formula is C24H30BrN3O2. The number of amides is 2. The van der Waals surface area contributed by atoms with E-state index in [1.165, 1.54) is 16.2 Å². The van der Waals surface area contributed by atoms with Crippen LogP contribution in [0.25, 0.3) is 0 Å². The molecule has 0 saturated carbocycles. The van der Waals surface area contributed by atoms with E-state index < -0.39 is 0 Å². The van der Waals surface area contributed by atoms with Crippen LogP contribution in [0.2, 0.25) is 0 Å². The number of nitrogens with zero attached hydrogens (tertiary/aromatic N) is 3. The smallest absolute Gasteiger partial charge is 0.261 e. The molecule has 0 atom stereocenters. The van der Waals surface area contributed by atoms with Crippen LogP contribution in [-0.2, 0) is 0 Å². The maximum absolute atomic E-state index is 12.4. The molecule has 2 aromatic carbocycles. The monoisotopic (exact) mass is 471 g/mol. The molecule has 0 spiro atoms. The summed E-state index contributed by atoms with van der Waals surface area (Å²) in [6, 6.07) is 15.7. The van der Waals surface area contributed by atoms with Crippen LogP contribution in [0.1, 0.15) is 45.5 Å². The normalized spacial score (nSPS) is 16.6. The molecule has 2 aromatic rings. The average molecular weight is 472 g/mol. The number of hydrogen-bond acceptors (Lipinski definition) is 4. The molecule has 1 saturated heterocycles. The van der Waals surface area contributed by atoms with E-state index in [0.717, 1.165) is 52.0 Å². The van der Waals surface area contributed by atoms with Crippen molar-refractivity contribution in [2.75, 3.05) is 44.2 Å². The third-order valence-electron chi connectivity index (χ3n) is 6.06. The van der Waals surface area contributed by atoms with Gasteiger partial charge in [0.1, 0.15) is 0 Å². The number of aryl methyl sites for hydroxylation is 1. The molecule has 2 aliphatic rings. The van der Waals surface area contributed by atoms with Crippen LogP contribution >= 0.6 is 17.0 Å². The highest BCUT2D eigenvalue weighted by atomic mass is 79.9. The Hall–Kier alpha value is -2.18. The minimum absolute atomic E-state index is 0. The molecule has 0 radical (unpaired) electrons. The van der Waals surface area contributed by atoms with Crippen molar-refractivity contribution in [1.29, 1.82) is 0 Å². The summed E-state index contributed by atoms with van der Waals surface area (Å²) in [5.74, 6) is -0.282. The van der Waals surface area contributed by atoms with Crippen molar-refractivity contribution in [3.05, 3.63) is 65.2 Å². The van der Waals surface area contributed by atoms with Crippen LogP contribution in [0, 0.1) is 6.92 Å². The van der Waals surface area contributed by atoms with Gasteiger partial charge in [0, 0.05) is 38.4 Å². The fourth-order valence-electron chi connectivity index (χ4n) is 4.35. The lowest BCUT2D eigenvalue weighted by atomic mass is 10.1. The number of carbonyl (C=O) groups excluding carboxylic acids is 2. The Kier molecular flexibility index (Phi) is 7.67. The molecule has 2 amide bonds. The topological polar surface area (TPSA) is 43.9 Å². The predicted octanol–water partition coefficient (Wildman–Crippen LogP) is 4.16. The van der Waals surface area contributed by atoms with E-state index in [2.05, 4.69) is 41.0 Å². The number of unbranched alkanes of at least 4 members (excludes halogenated alkanes) is 2. The van der Waals surface area contributed by atoms with Gasteiger partial charge < -0.3 is 4.90 Å². The Morgan fingerprint density at radius 2 is 1.30 bits per heavy atom. The number of benzene rings is 2. The Morgan fingerprint density at radius 3 is 1.93 bits per heavy atom. The van der Waals surface area contributed by atoms with E-state index in [9.17, 15) is 9.59 Å². The molecule has 2 aliphatic heterocycles. The second kappa shape index (κ2) is 10.2. The summed E-state index contributed by atoms with van der Waals surface area (Å²) in [7, 11) is 0. The van der Waals surface area contributed by atoms with E-state index in [4.69, 9.17) is 0 Å². The van der Waals surface area contributed by atoms with Gasteiger partial charge in [0.25, 0.3) is 11.8 Å². The first kappa shape index (κ1) is 22.5. The maximum Gasteiger partial charge on any atom is 0.261 e. The summed E-state index contributed by atoms with van der Waals surface area (Å²) in [5.41, 5.74) is 3.79. The molecule has 2 heterocycles. The van der Waals surface area contributed by atoms with E-state index in [-0.39, 0.29) is 28.8 Å². The van der Waals surface area contributed by atoms with Crippen molar-refractivity contribution in [3.63, 3.8) is 0 Å². The van der Waals surface area contributed by atoms with E-state index in [0.29, 0.717) is 17.7 Å². The number of rotatable bonds is 7. The first-order chi connectivity index (χ1) is 14.1. The predicted molar refractivity (Wildman–Crippen MR) is 126 cm³/mol. The second-order valence-corrected chi connectivity index (χ2v) is 7.98. The minimum atomic E-state index is -0.141. The SMILES string of the molecule is Br.Cc1ccccc1N1CCN(CCCCCN2C(=O)c3ccccc3C2=O)CC1. The number of fused-ring (bicyclic) bond motifs is 1. The third kappa shape index (κ3) is 4.76. The van der Waals surface area contributed by atoms with Gasteiger partial charge in [-0.15, -0.1) is 17.0 Å². The highest BCUT2D eigenvalue weighted by molar-refractivity contribution is 8.93. The lowest BCUT2D eigenvalue weighted by molar-refractivity contribution is 0.0651. The van der Waals surface area contributed by atoms with Gasteiger partial charge in [-0.3, -0.25) is 19.4 Å². The number of piperazine rings is 1. The summed E-state index contributed by atoms with van der Waals surface area (Å²) in [6.45, 7) is 8.10. The van der Waals surface area contributed by atoms with Crippen molar-refractivity contribution in [1.82, 2.24) is 9.80 Å². The van der Waals surface area contributed by atoms with Crippen molar-refractivity contribution in [3.8, 4) is 0 Å². The van der Waals surface area contributed by atoms with E-state index in [1.807, 2.05) is 12.1 Å². The van der Waals surface area contributed by atoms with Crippen molar-refractivity contribution in [2.24, 2.45) is 0 Å². The summed E-state index contributed by atoms with van der Waals surface area (Å²) in [5, 5.41) is 0. The summed E-state index contributed by atoms with van der Waals surface area (Å²) in [6.07, 6.45) is 3.01. The fraction of sp³-hybridized carbons (Fsp3) is 0.417. The van der Waals surface area contributed by atoms with Gasteiger partial charge in [0.05, 0.1) is 11.1 Å². The zero-order chi connectivity index (χ0) is 20.2. The minimum Gasteiger partial charge on any atom is -0.369 e.